The molecule has 0 spiro atoms. The van der Waals surface area contributed by atoms with Crippen LogP contribution in [0.2, 0.25) is 0 Å². The van der Waals surface area contributed by atoms with Crippen molar-refractivity contribution < 1.29 is 29.0 Å². The van der Waals surface area contributed by atoms with E-state index in [2.05, 4.69) is 20.0 Å². The van der Waals surface area contributed by atoms with Gasteiger partial charge in [-0.05, 0) is 41.5 Å². The molecule has 1 heterocycles. The molecule has 9 nitrogen and oxygen atoms in total. The number of rotatable bonds is 5. The molecule has 0 saturated heterocycles. The SMILES string of the molecule is CC(C)(C)OC(=O)NC(Cc1c[nH]cn1)C(=O)O.CC(C)(C)OC=O. The number of aliphatic carboxylic acids is 1. The number of aromatic nitrogens is 2. The van der Waals surface area contributed by atoms with Gasteiger partial charge in [0.15, 0.2) is 0 Å². The Balaban J connectivity index is 0.000000697. The average molecular weight is 357 g/mol. The van der Waals surface area contributed by atoms with Crippen molar-refractivity contribution in [1.82, 2.24) is 15.3 Å². The lowest BCUT2D eigenvalue weighted by Crippen LogP contribution is -2.44. The van der Waals surface area contributed by atoms with Crippen LogP contribution in [0.5, 0.6) is 0 Å². The summed E-state index contributed by atoms with van der Waals surface area (Å²) in [5.74, 6) is -1.14. The number of ether oxygens (including phenoxy) is 2. The van der Waals surface area contributed by atoms with Gasteiger partial charge in [0.1, 0.15) is 17.2 Å². The Bertz CT molecular complexity index is 543. The van der Waals surface area contributed by atoms with Gasteiger partial charge in [0, 0.05) is 12.6 Å². The molecule has 1 rings (SSSR count). The molecule has 142 valence electrons. The minimum Gasteiger partial charge on any atom is -0.480 e. The zero-order chi connectivity index (χ0) is 19.7. The molecule has 0 bridgehead atoms. The largest absolute Gasteiger partial charge is 0.480 e. The number of carboxylic acid groups (broad SMARTS) is 1. The van der Waals surface area contributed by atoms with E-state index < -0.39 is 23.7 Å². The third-order valence-corrected chi connectivity index (χ3v) is 2.36. The maximum absolute atomic E-state index is 11.5. The second-order valence-corrected chi connectivity index (χ2v) is 7.13. The number of amides is 1. The Labute approximate surface area is 147 Å². The van der Waals surface area contributed by atoms with Crippen LogP contribution in [0.1, 0.15) is 47.2 Å². The molecule has 0 fully saturated rings. The van der Waals surface area contributed by atoms with Gasteiger partial charge >= 0.3 is 12.1 Å². The minimum absolute atomic E-state index is 0.0953. The fourth-order valence-corrected chi connectivity index (χ4v) is 1.41. The molecule has 0 saturated carbocycles. The maximum atomic E-state index is 11.5. The molecule has 0 aliphatic heterocycles. The predicted octanol–water partition coefficient (Wildman–Crippen LogP) is 1.89. The van der Waals surface area contributed by atoms with Gasteiger partial charge in [0.05, 0.1) is 12.0 Å². The summed E-state index contributed by atoms with van der Waals surface area (Å²) in [5.41, 5.74) is -0.431. The number of H-pyrrole nitrogens is 1. The van der Waals surface area contributed by atoms with Crippen LogP contribution in [-0.4, -0.2) is 50.9 Å². The van der Waals surface area contributed by atoms with Crippen molar-refractivity contribution in [3.8, 4) is 0 Å². The lowest BCUT2D eigenvalue weighted by atomic mass is 10.1. The number of alkyl carbamates (subject to hydrolysis) is 1. The Morgan fingerprint density at radius 1 is 1.28 bits per heavy atom. The second-order valence-electron chi connectivity index (χ2n) is 7.13. The van der Waals surface area contributed by atoms with E-state index in [1.165, 1.54) is 6.33 Å². The quantitative estimate of drug-likeness (QED) is 0.686. The summed E-state index contributed by atoms with van der Waals surface area (Å²) < 4.78 is 9.54. The van der Waals surface area contributed by atoms with Gasteiger partial charge in [0.25, 0.3) is 6.47 Å². The van der Waals surface area contributed by atoms with Gasteiger partial charge in [-0.15, -0.1) is 0 Å². The third kappa shape index (κ3) is 12.5. The molecule has 0 aliphatic carbocycles. The van der Waals surface area contributed by atoms with Crippen molar-refractivity contribution in [1.29, 1.82) is 0 Å². The van der Waals surface area contributed by atoms with Crippen LogP contribution in [-0.2, 0) is 25.5 Å². The van der Waals surface area contributed by atoms with E-state index in [0.717, 1.165) is 0 Å². The molecule has 1 unspecified atom stereocenters. The molecule has 0 aromatic carbocycles. The van der Waals surface area contributed by atoms with Gasteiger partial charge in [0.2, 0.25) is 0 Å². The lowest BCUT2D eigenvalue weighted by Gasteiger charge is -2.21. The highest BCUT2D eigenvalue weighted by atomic mass is 16.6. The molecular weight excluding hydrogens is 330 g/mol. The van der Waals surface area contributed by atoms with E-state index in [9.17, 15) is 14.4 Å². The first-order valence-corrected chi connectivity index (χ1v) is 7.65. The first-order valence-electron chi connectivity index (χ1n) is 7.65. The summed E-state index contributed by atoms with van der Waals surface area (Å²) in [6.45, 7) is 11.0. The Hall–Kier alpha value is -2.58. The summed E-state index contributed by atoms with van der Waals surface area (Å²) in [7, 11) is 0. The van der Waals surface area contributed by atoms with E-state index in [1.807, 2.05) is 20.8 Å². The van der Waals surface area contributed by atoms with Crippen molar-refractivity contribution >= 4 is 18.5 Å². The van der Waals surface area contributed by atoms with E-state index in [1.54, 1.807) is 27.0 Å². The van der Waals surface area contributed by atoms with E-state index in [4.69, 9.17) is 9.84 Å². The van der Waals surface area contributed by atoms with Crippen LogP contribution in [0, 0.1) is 0 Å². The first-order chi connectivity index (χ1) is 11.3. The molecule has 25 heavy (non-hydrogen) atoms. The molecule has 3 N–H and O–H groups in total. The van der Waals surface area contributed by atoms with Crippen molar-refractivity contribution in [2.24, 2.45) is 0 Å². The number of hydrogen-bond donors (Lipinski definition) is 3. The third-order valence-electron chi connectivity index (χ3n) is 2.36. The fraction of sp³-hybridized carbons (Fsp3) is 0.625. The number of aromatic amines is 1. The molecule has 1 aromatic heterocycles. The highest BCUT2D eigenvalue weighted by Crippen LogP contribution is 2.07. The number of hydrogen-bond acceptors (Lipinski definition) is 6. The highest BCUT2D eigenvalue weighted by Gasteiger charge is 2.24. The summed E-state index contributed by atoms with van der Waals surface area (Å²) in [5, 5.41) is 11.3. The van der Waals surface area contributed by atoms with E-state index >= 15 is 0 Å². The number of carboxylic acids is 1. The van der Waals surface area contributed by atoms with Gasteiger partial charge in [-0.25, -0.2) is 14.6 Å². The van der Waals surface area contributed by atoms with Crippen LogP contribution in [0.4, 0.5) is 4.79 Å². The Kier molecular flexibility index (Phi) is 8.66. The average Bonchev–Trinajstić information content (AvgIpc) is 2.87. The summed E-state index contributed by atoms with van der Waals surface area (Å²) >= 11 is 0. The standard InChI is InChI=1S/C11H17N3O4.C5H10O2/c1-11(2,3)18-10(17)14-8(9(15)16)4-7-5-12-6-13-7;1-5(2,3)7-4-6/h5-6,8H,4H2,1-3H3,(H,12,13)(H,14,17)(H,15,16);4H,1-3H3. The van der Waals surface area contributed by atoms with E-state index in [-0.39, 0.29) is 12.0 Å². The van der Waals surface area contributed by atoms with Gasteiger partial charge in [-0.2, -0.15) is 0 Å². The number of carbonyl (C=O) groups is 3. The Morgan fingerprint density at radius 3 is 2.20 bits per heavy atom. The first kappa shape index (κ1) is 22.4. The van der Waals surface area contributed by atoms with Gasteiger partial charge in [-0.3, -0.25) is 4.79 Å². The summed E-state index contributed by atoms with van der Waals surface area (Å²) in [4.78, 5) is 38.7. The zero-order valence-corrected chi connectivity index (χ0v) is 15.5. The summed E-state index contributed by atoms with van der Waals surface area (Å²) in [6.07, 6.45) is 2.36. The van der Waals surface area contributed by atoms with Crippen LogP contribution in [0.3, 0.4) is 0 Å². The lowest BCUT2D eigenvalue weighted by molar-refractivity contribution is -0.140. The number of nitrogens with zero attached hydrogens (tertiary/aromatic N) is 1. The second kappa shape index (κ2) is 9.65. The van der Waals surface area contributed by atoms with E-state index in [0.29, 0.717) is 12.2 Å². The van der Waals surface area contributed by atoms with Crippen LogP contribution in [0.15, 0.2) is 12.5 Å². The molecule has 0 radical (unpaired) electrons. The molecule has 0 aliphatic rings. The monoisotopic (exact) mass is 357 g/mol. The van der Waals surface area contributed by atoms with Crippen LogP contribution >= 0.6 is 0 Å². The molecule has 9 heteroatoms. The predicted molar refractivity (Wildman–Crippen MR) is 90.0 cm³/mol. The number of imidazole rings is 1. The van der Waals surface area contributed by atoms with Gasteiger partial charge in [-0.1, -0.05) is 0 Å². The van der Waals surface area contributed by atoms with Crippen LogP contribution in [0.25, 0.3) is 0 Å². The highest BCUT2D eigenvalue weighted by molar-refractivity contribution is 5.80. The maximum Gasteiger partial charge on any atom is 0.408 e. The number of carbonyl (C=O) groups excluding carboxylic acids is 2. The normalized spacial score (nSPS) is 12.2. The fourth-order valence-electron chi connectivity index (χ4n) is 1.41. The summed E-state index contributed by atoms with van der Waals surface area (Å²) in [6, 6.07) is -1.07. The molecular formula is C16H27N3O6. The topological polar surface area (TPSA) is 131 Å². The van der Waals surface area contributed by atoms with Crippen molar-refractivity contribution in [2.75, 3.05) is 0 Å². The van der Waals surface area contributed by atoms with Crippen LogP contribution < -0.4 is 5.32 Å². The van der Waals surface area contributed by atoms with Gasteiger partial charge < -0.3 is 24.9 Å². The smallest absolute Gasteiger partial charge is 0.408 e. The number of nitrogens with one attached hydrogen (secondary N) is 2. The van der Waals surface area contributed by atoms with Crippen molar-refractivity contribution in [2.45, 2.75) is 65.2 Å². The molecule has 1 aromatic rings. The minimum atomic E-state index is -1.14. The van der Waals surface area contributed by atoms with Crippen molar-refractivity contribution in [3.63, 3.8) is 0 Å². The molecule has 1 atom stereocenters. The molecule has 1 amide bonds. The Morgan fingerprint density at radius 2 is 1.88 bits per heavy atom. The van der Waals surface area contributed by atoms with Crippen molar-refractivity contribution in [3.05, 3.63) is 18.2 Å². The zero-order valence-electron chi connectivity index (χ0n) is 15.5.